The van der Waals surface area contributed by atoms with E-state index in [1.165, 1.54) is 13.0 Å². The summed E-state index contributed by atoms with van der Waals surface area (Å²) < 4.78 is 11.5. The first-order chi connectivity index (χ1) is 16.4. The van der Waals surface area contributed by atoms with Gasteiger partial charge in [-0.3, -0.25) is 4.79 Å². The number of carbonyl (C=O) groups is 1. The van der Waals surface area contributed by atoms with Crippen LogP contribution in [0.25, 0.3) is 0 Å². The number of rotatable bonds is 8. The molecule has 0 aromatic heterocycles. The first kappa shape index (κ1) is 29.7. The van der Waals surface area contributed by atoms with E-state index in [1.807, 2.05) is 39.8 Å². The normalized spacial score (nSPS) is 38.7. The van der Waals surface area contributed by atoms with Crippen molar-refractivity contribution in [3.8, 4) is 0 Å². The van der Waals surface area contributed by atoms with Crippen LogP contribution in [0, 0.1) is 17.8 Å². The van der Waals surface area contributed by atoms with Crippen LogP contribution in [0.15, 0.2) is 36.0 Å². The molecule has 1 saturated heterocycles. The fraction of sp³-hybridized carbons (Fsp3) is 0.750. The number of hydrogen-bond donors (Lipinski definition) is 4. The Morgan fingerprint density at radius 1 is 1.29 bits per heavy atom. The molecule has 7 heteroatoms. The van der Waals surface area contributed by atoms with E-state index in [0.717, 1.165) is 18.4 Å². The van der Waals surface area contributed by atoms with E-state index in [4.69, 9.17) is 9.47 Å². The zero-order valence-corrected chi connectivity index (χ0v) is 22.1. The molecule has 10 atom stereocenters. The molecular formula is C28H46O7. The summed E-state index contributed by atoms with van der Waals surface area (Å²) >= 11 is 0. The van der Waals surface area contributed by atoms with Gasteiger partial charge >= 0.3 is 5.97 Å². The van der Waals surface area contributed by atoms with Gasteiger partial charge in [-0.1, -0.05) is 58.1 Å². The lowest BCUT2D eigenvalue weighted by atomic mass is 9.89. The molecule has 0 saturated carbocycles. The first-order valence-electron chi connectivity index (χ1n) is 13.0. The summed E-state index contributed by atoms with van der Waals surface area (Å²) in [5, 5.41) is 41.1. The summed E-state index contributed by atoms with van der Waals surface area (Å²) in [7, 11) is 0. The average Bonchev–Trinajstić information content (AvgIpc) is 3.56. The average molecular weight is 495 g/mol. The van der Waals surface area contributed by atoms with Gasteiger partial charge in [0, 0.05) is 11.8 Å². The molecule has 0 aliphatic carbocycles. The van der Waals surface area contributed by atoms with Crippen molar-refractivity contribution in [2.45, 2.75) is 116 Å². The molecule has 35 heavy (non-hydrogen) atoms. The summed E-state index contributed by atoms with van der Waals surface area (Å²) in [6.45, 7) is 11.4. The van der Waals surface area contributed by atoms with Gasteiger partial charge in [-0.05, 0) is 51.0 Å². The number of carbonyl (C=O) groups excluding carboxylic acids is 1. The largest absolute Gasteiger partial charge is 0.457 e. The molecular weight excluding hydrogens is 448 g/mol. The summed E-state index contributed by atoms with van der Waals surface area (Å²) in [5.74, 6) is -0.317. The van der Waals surface area contributed by atoms with Crippen LogP contribution in [0.3, 0.4) is 0 Å². The topological polar surface area (TPSA) is 120 Å². The Bertz CT molecular complexity index is 771. The number of cyclic esters (lactones) is 1. The number of aliphatic hydroxyl groups excluding tert-OH is 3. The maximum atomic E-state index is 12.5. The second-order valence-corrected chi connectivity index (χ2v) is 10.8. The third-order valence-corrected chi connectivity index (χ3v) is 7.37. The maximum Gasteiger partial charge on any atom is 0.309 e. The summed E-state index contributed by atoms with van der Waals surface area (Å²) in [5.41, 5.74) is -0.553. The van der Waals surface area contributed by atoms with Gasteiger partial charge in [-0.15, -0.1) is 0 Å². The minimum absolute atomic E-state index is 0.118. The number of aliphatic hydroxyl groups is 4. The molecule has 1 fully saturated rings. The van der Waals surface area contributed by atoms with E-state index < -0.39 is 29.9 Å². The predicted octanol–water partition coefficient (Wildman–Crippen LogP) is 3.45. The van der Waals surface area contributed by atoms with Crippen LogP contribution in [0.1, 0.15) is 73.6 Å². The van der Waals surface area contributed by atoms with Crippen LogP contribution in [-0.4, -0.2) is 68.6 Å². The molecule has 2 heterocycles. The van der Waals surface area contributed by atoms with Crippen LogP contribution < -0.4 is 0 Å². The fourth-order valence-electron chi connectivity index (χ4n) is 4.63. The van der Waals surface area contributed by atoms with Crippen LogP contribution >= 0.6 is 0 Å². The monoisotopic (exact) mass is 494 g/mol. The van der Waals surface area contributed by atoms with Gasteiger partial charge in [-0.2, -0.15) is 0 Å². The molecule has 10 unspecified atom stereocenters. The second kappa shape index (κ2) is 13.2. The molecule has 0 bridgehead atoms. The number of ether oxygens (including phenoxy) is 2. The number of allylic oxidation sites excluding steroid dienone is 3. The molecule has 0 aromatic carbocycles. The molecule has 2 rings (SSSR count). The Morgan fingerprint density at radius 2 is 1.97 bits per heavy atom. The van der Waals surface area contributed by atoms with Gasteiger partial charge in [0.2, 0.25) is 0 Å². The molecule has 0 radical (unpaired) electrons. The highest BCUT2D eigenvalue weighted by Gasteiger charge is 2.44. The molecule has 200 valence electrons. The van der Waals surface area contributed by atoms with Crippen molar-refractivity contribution in [3.63, 3.8) is 0 Å². The minimum atomic E-state index is -1.39. The smallest absolute Gasteiger partial charge is 0.309 e. The van der Waals surface area contributed by atoms with Crippen LogP contribution in [0.4, 0.5) is 0 Å². The Balaban J connectivity index is 2.04. The standard InChI is InChI=1S/C28H46O7/c1-7-22(30)20(5)27-23(34-27)15-17(2)9-8-10-18(3)26-19(4)11-12-24(31)28(6,33)14-13-21(29)16-25(32)35-26/h8-12,17,19-24,26-27,29-31,33H,7,13-16H2,1-6H3/b9-8+,12-11-,18-10+. The van der Waals surface area contributed by atoms with Crippen LogP contribution in [-0.2, 0) is 14.3 Å². The number of epoxide rings is 1. The quantitative estimate of drug-likeness (QED) is 0.177. The molecule has 0 amide bonds. The molecule has 0 aromatic rings. The highest BCUT2D eigenvalue weighted by atomic mass is 16.6. The van der Waals surface area contributed by atoms with Gasteiger partial charge in [0.15, 0.2) is 0 Å². The number of esters is 1. The fourth-order valence-corrected chi connectivity index (χ4v) is 4.63. The van der Waals surface area contributed by atoms with Crippen molar-refractivity contribution >= 4 is 5.97 Å². The highest BCUT2D eigenvalue weighted by molar-refractivity contribution is 5.70. The van der Waals surface area contributed by atoms with Gasteiger partial charge < -0.3 is 29.9 Å². The van der Waals surface area contributed by atoms with Crippen molar-refractivity contribution in [2.75, 3.05) is 0 Å². The van der Waals surface area contributed by atoms with Crippen molar-refractivity contribution in [1.82, 2.24) is 0 Å². The molecule has 0 spiro atoms. The summed E-state index contributed by atoms with van der Waals surface area (Å²) in [4.78, 5) is 12.5. The van der Waals surface area contributed by atoms with Gasteiger partial charge in [0.25, 0.3) is 0 Å². The lowest BCUT2D eigenvalue weighted by Crippen LogP contribution is -2.39. The lowest BCUT2D eigenvalue weighted by Gasteiger charge is -2.30. The summed E-state index contributed by atoms with van der Waals surface area (Å²) in [6.07, 6.45) is 8.41. The summed E-state index contributed by atoms with van der Waals surface area (Å²) in [6, 6.07) is 0. The van der Waals surface area contributed by atoms with Gasteiger partial charge in [0.05, 0.1) is 36.4 Å². The van der Waals surface area contributed by atoms with Crippen molar-refractivity contribution in [1.29, 1.82) is 0 Å². The minimum Gasteiger partial charge on any atom is -0.457 e. The maximum absolute atomic E-state index is 12.5. The molecule has 7 nitrogen and oxygen atoms in total. The van der Waals surface area contributed by atoms with Crippen molar-refractivity contribution in [2.24, 2.45) is 17.8 Å². The first-order valence-corrected chi connectivity index (χ1v) is 13.0. The van der Waals surface area contributed by atoms with Gasteiger partial charge in [-0.25, -0.2) is 0 Å². The highest BCUT2D eigenvalue weighted by Crippen LogP contribution is 2.36. The van der Waals surface area contributed by atoms with E-state index in [-0.39, 0.29) is 55.3 Å². The molecule has 2 aliphatic heterocycles. The van der Waals surface area contributed by atoms with Crippen molar-refractivity contribution in [3.05, 3.63) is 36.0 Å². The number of hydrogen-bond acceptors (Lipinski definition) is 7. The van der Waals surface area contributed by atoms with E-state index in [1.54, 1.807) is 6.08 Å². The lowest BCUT2D eigenvalue weighted by molar-refractivity contribution is -0.151. The Hall–Kier alpha value is -1.51. The zero-order valence-electron chi connectivity index (χ0n) is 22.1. The van der Waals surface area contributed by atoms with E-state index in [0.29, 0.717) is 0 Å². The van der Waals surface area contributed by atoms with Crippen LogP contribution in [0.2, 0.25) is 0 Å². The third kappa shape index (κ3) is 9.14. The van der Waals surface area contributed by atoms with E-state index in [2.05, 4.69) is 13.0 Å². The third-order valence-electron chi connectivity index (χ3n) is 7.37. The second-order valence-electron chi connectivity index (χ2n) is 10.8. The molecule has 4 N–H and O–H groups in total. The predicted molar refractivity (Wildman–Crippen MR) is 135 cm³/mol. The zero-order chi connectivity index (χ0) is 26.3. The van der Waals surface area contributed by atoms with Crippen LogP contribution in [0.5, 0.6) is 0 Å². The Morgan fingerprint density at radius 3 is 2.63 bits per heavy atom. The Labute approximate surface area is 210 Å². The Kier molecular flexibility index (Phi) is 11.2. The molecule has 2 aliphatic rings. The SMILES string of the molecule is CCC(O)C(C)C1OC1CC(C)/C=C/C=C(\C)C1OC(=O)CC(O)CCC(C)(O)C(O)/C=C\C1C. The van der Waals surface area contributed by atoms with Crippen molar-refractivity contribution < 1.29 is 34.7 Å². The van der Waals surface area contributed by atoms with E-state index in [9.17, 15) is 25.2 Å². The van der Waals surface area contributed by atoms with Gasteiger partial charge in [0.1, 0.15) is 12.2 Å². The van der Waals surface area contributed by atoms with E-state index >= 15 is 0 Å².